The van der Waals surface area contributed by atoms with Gasteiger partial charge in [-0.05, 0) is 61.9 Å². The first-order valence-corrected chi connectivity index (χ1v) is 11.0. The third-order valence-electron chi connectivity index (χ3n) is 4.71. The fourth-order valence-corrected chi connectivity index (χ4v) is 4.05. The van der Waals surface area contributed by atoms with Gasteiger partial charge in [0.1, 0.15) is 11.5 Å². The number of rotatable bonds is 7. The number of hydrogen-bond donors (Lipinski definition) is 2. The van der Waals surface area contributed by atoms with Crippen LogP contribution in [0.4, 0.5) is 11.4 Å². The van der Waals surface area contributed by atoms with Crippen molar-refractivity contribution in [3.05, 3.63) is 77.4 Å². The topological polar surface area (TPSA) is 93.7 Å². The Morgan fingerprint density at radius 3 is 2.23 bits per heavy atom. The molecule has 3 aromatic carbocycles. The van der Waals surface area contributed by atoms with Gasteiger partial charge in [-0.2, -0.15) is 0 Å². The lowest BCUT2D eigenvalue weighted by molar-refractivity contribution is 0.102. The number of carbonyl (C=O) groups excluding carboxylic acids is 1. The summed E-state index contributed by atoms with van der Waals surface area (Å²) in [6, 6.07) is 16.4. The summed E-state index contributed by atoms with van der Waals surface area (Å²) in [5.41, 5.74) is 3.20. The van der Waals surface area contributed by atoms with E-state index >= 15 is 0 Å². The molecule has 0 aromatic heterocycles. The summed E-state index contributed by atoms with van der Waals surface area (Å²) >= 11 is 0. The summed E-state index contributed by atoms with van der Waals surface area (Å²) in [5.74, 6) is 0.627. The minimum atomic E-state index is -3.86. The van der Waals surface area contributed by atoms with Crippen LogP contribution in [0.1, 0.15) is 21.5 Å². The van der Waals surface area contributed by atoms with E-state index in [1.807, 2.05) is 32.0 Å². The Labute approximate surface area is 182 Å². The van der Waals surface area contributed by atoms with Crippen molar-refractivity contribution >= 4 is 27.3 Å². The SMILES string of the molecule is COc1ccc(NS(=O)(=O)c2ccc(NC(=O)c3cc(C)ccc3C)cc2)c(OC)c1. The molecule has 3 aromatic rings. The van der Waals surface area contributed by atoms with E-state index in [1.165, 1.54) is 26.4 Å². The molecule has 2 N–H and O–H groups in total. The summed E-state index contributed by atoms with van der Waals surface area (Å²) in [7, 11) is -0.901. The molecule has 3 rings (SSSR count). The van der Waals surface area contributed by atoms with Crippen molar-refractivity contribution in [2.24, 2.45) is 0 Å². The molecule has 0 heterocycles. The van der Waals surface area contributed by atoms with Crippen LogP contribution < -0.4 is 19.5 Å². The number of hydrogen-bond acceptors (Lipinski definition) is 5. The quantitative estimate of drug-likeness (QED) is 0.569. The van der Waals surface area contributed by atoms with Gasteiger partial charge in [0, 0.05) is 17.3 Å². The Hall–Kier alpha value is -3.52. The number of nitrogens with one attached hydrogen (secondary N) is 2. The van der Waals surface area contributed by atoms with Crippen molar-refractivity contribution in [3.63, 3.8) is 0 Å². The van der Waals surface area contributed by atoms with Crippen LogP contribution in [0.3, 0.4) is 0 Å². The van der Waals surface area contributed by atoms with Gasteiger partial charge in [-0.15, -0.1) is 0 Å². The normalized spacial score (nSPS) is 11.0. The fraction of sp³-hybridized carbons (Fsp3) is 0.174. The van der Waals surface area contributed by atoms with E-state index in [2.05, 4.69) is 10.0 Å². The molecule has 0 aliphatic rings. The van der Waals surface area contributed by atoms with E-state index in [4.69, 9.17) is 9.47 Å². The van der Waals surface area contributed by atoms with Crippen LogP contribution in [0.15, 0.2) is 65.6 Å². The molecule has 0 saturated heterocycles. The summed E-state index contributed by atoms with van der Waals surface area (Å²) in [6.07, 6.45) is 0. The van der Waals surface area contributed by atoms with Gasteiger partial charge in [-0.3, -0.25) is 9.52 Å². The number of ether oxygens (including phenoxy) is 2. The largest absolute Gasteiger partial charge is 0.497 e. The molecule has 0 radical (unpaired) electrons. The van der Waals surface area contributed by atoms with Gasteiger partial charge in [0.25, 0.3) is 15.9 Å². The highest BCUT2D eigenvalue weighted by Crippen LogP contribution is 2.31. The Morgan fingerprint density at radius 1 is 0.871 bits per heavy atom. The molecule has 0 unspecified atom stereocenters. The van der Waals surface area contributed by atoms with Crippen molar-refractivity contribution in [2.45, 2.75) is 18.7 Å². The standard InChI is InChI=1S/C23H24N2O5S/c1-15-5-6-16(2)20(13-15)23(26)24-17-7-10-19(11-8-17)31(27,28)25-21-12-9-18(29-3)14-22(21)30-4/h5-14,25H,1-4H3,(H,24,26). The second-order valence-electron chi connectivity index (χ2n) is 6.97. The first-order valence-electron chi connectivity index (χ1n) is 9.47. The molecule has 0 bridgehead atoms. The first-order chi connectivity index (χ1) is 14.7. The molecule has 31 heavy (non-hydrogen) atoms. The maximum absolute atomic E-state index is 12.8. The molecule has 0 fully saturated rings. The number of benzene rings is 3. The zero-order valence-corrected chi connectivity index (χ0v) is 18.5. The minimum Gasteiger partial charge on any atom is -0.497 e. The second-order valence-corrected chi connectivity index (χ2v) is 8.65. The van der Waals surface area contributed by atoms with E-state index in [9.17, 15) is 13.2 Å². The number of amides is 1. The molecule has 1 amide bonds. The zero-order valence-electron chi connectivity index (χ0n) is 17.7. The lowest BCUT2D eigenvalue weighted by atomic mass is 10.1. The molecule has 0 aliphatic carbocycles. The maximum Gasteiger partial charge on any atom is 0.262 e. The summed E-state index contributed by atoms with van der Waals surface area (Å²) < 4.78 is 38.4. The van der Waals surface area contributed by atoms with E-state index < -0.39 is 10.0 Å². The third-order valence-corrected chi connectivity index (χ3v) is 6.09. The Balaban J connectivity index is 1.77. The lowest BCUT2D eigenvalue weighted by Crippen LogP contribution is -2.15. The number of sulfonamides is 1. The number of aryl methyl sites for hydroxylation is 2. The van der Waals surface area contributed by atoms with E-state index in [0.717, 1.165) is 11.1 Å². The van der Waals surface area contributed by atoms with Gasteiger partial charge in [0.05, 0.1) is 24.8 Å². The van der Waals surface area contributed by atoms with Crippen LogP contribution in [-0.2, 0) is 10.0 Å². The van der Waals surface area contributed by atoms with Crippen molar-refractivity contribution < 1.29 is 22.7 Å². The highest BCUT2D eigenvalue weighted by atomic mass is 32.2. The van der Waals surface area contributed by atoms with Gasteiger partial charge < -0.3 is 14.8 Å². The van der Waals surface area contributed by atoms with E-state index in [0.29, 0.717) is 22.7 Å². The molecular formula is C23H24N2O5S. The summed E-state index contributed by atoms with van der Waals surface area (Å²) in [6.45, 7) is 3.78. The van der Waals surface area contributed by atoms with Gasteiger partial charge >= 0.3 is 0 Å². The van der Waals surface area contributed by atoms with Crippen molar-refractivity contribution in [3.8, 4) is 11.5 Å². The van der Waals surface area contributed by atoms with Crippen LogP contribution in [0.5, 0.6) is 11.5 Å². The van der Waals surface area contributed by atoms with Gasteiger partial charge in [-0.25, -0.2) is 8.42 Å². The minimum absolute atomic E-state index is 0.0510. The molecule has 162 valence electrons. The molecular weight excluding hydrogens is 416 g/mol. The third kappa shape index (κ3) is 5.16. The highest BCUT2D eigenvalue weighted by molar-refractivity contribution is 7.92. The number of carbonyl (C=O) groups is 1. The van der Waals surface area contributed by atoms with Gasteiger partial charge in [-0.1, -0.05) is 17.7 Å². The second kappa shape index (κ2) is 9.09. The van der Waals surface area contributed by atoms with Crippen LogP contribution >= 0.6 is 0 Å². The smallest absolute Gasteiger partial charge is 0.262 e. The maximum atomic E-state index is 12.8. The Bertz CT molecular complexity index is 1210. The predicted molar refractivity (Wildman–Crippen MR) is 121 cm³/mol. The van der Waals surface area contributed by atoms with Gasteiger partial charge in [0.2, 0.25) is 0 Å². The number of anilines is 2. The summed E-state index contributed by atoms with van der Waals surface area (Å²) in [5, 5.41) is 2.80. The van der Waals surface area contributed by atoms with Gasteiger partial charge in [0.15, 0.2) is 0 Å². The lowest BCUT2D eigenvalue weighted by Gasteiger charge is -2.13. The molecule has 0 aliphatic heterocycles. The molecule has 0 atom stereocenters. The van der Waals surface area contributed by atoms with Crippen LogP contribution in [-0.4, -0.2) is 28.5 Å². The van der Waals surface area contributed by atoms with Crippen LogP contribution in [0.2, 0.25) is 0 Å². The zero-order chi connectivity index (χ0) is 22.6. The average molecular weight is 441 g/mol. The van der Waals surface area contributed by atoms with Crippen LogP contribution in [0.25, 0.3) is 0 Å². The predicted octanol–water partition coefficient (Wildman–Crippen LogP) is 4.37. The first kappa shape index (κ1) is 22.2. The monoisotopic (exact) mass is 440 g/mol. The van der Waals surface area contributed by atoms with Crippen LogP contribution in [0, 0.1) is 13.8 Å². The van der Waals surface area contributed by atoms with Crippen molar-refractivity contribution in [2.75, 3.05) is 24.3 Å². The number of methoxy groups -OCH3 is 2. The molecule has 0 spiro atoms. The fourth-order valence-electron chi connectivity index (χ4n) is 2.98. The van der Waals surface area contributed by atoms with E-state index in [-0.39, 0.29) is 16.5 Å². The average Bonchev–Trinajstić information content (AvgIpc) is 2.75. The Kier molecular flexibility index (Phi) is 6.50. The van der Waals surface area contributed by atoms with Crippen molar-refractivity contribution in [1.82, 2.24) is 0 Å². The van der Waals surface area contributed by atoms with Crippen molar-refractivity contribution in [1.29, 1.82) is 0 Å². The highest BCUT2D eigenvalue weighted by Gasteiger charge is 2.17. The molecule has 0 saturated carbocycles. The molecule has 8 heteroatoms. The Morgan fingerprint density at radius 2 is 1.58 bits per heavy atom. The van der Waals surface area contributed by atoms with E-state index in [1.54, 1.807) is 30.3 Å². The molecule has 7 nitrogen and oxygen atoms in total. The summed E-state index contributed by atoms with van der Waals surface area (Å²) in [4.78, 5) is 12.6.